The van der Waals surface area contributed by atoms with Crippen LogP contribution in [0.15, 0.2) is 60.6 Å². The molecule has 1 aromatic carbocycles. The molecule has 4 rings (SSSR count). The summed E-state index contributed by atoms with van der Waals surface area (Å²) in [6.45, 7) is 7.02. The number of halogens is 2. The standard InChI is InChI=1S/C21H20ClFN4O/c1-13-21(10-18(21)24-11-15-4-3-5-17(23)20(15)22)8-9-27(13)16-6-7-19(25-12-16)26-14(2)28/h3-7,10,12,24H,1,8-9,11H2,2H3,(H,25,26,28). The van der Waals surface area contributed by atoms with Crippen LogP contribution in [0.2, 0.25) is 5.02 Å². The first kappa shape index (κ1) is 18.5. The summed E-state index contributed by atoms with van der Waals surface area (Å²) in [5.41, 5.74) is 3.56. The number of nitrogens with one attached hydrogen (secondary N) is 2. The van der Waals surface area contributed by atoms with E-state index in [1.54, 1.807) is 18.3 Å². The minimum absolute atomic E-state index is 0.152. The van der Waals surface area contributed by atoms with E-state index in [2.05, 4.69) is 33.2 Å². The monoisotopic (exact) mass is 398 g/mol. The number of anilines is 2. The van der Waals surface area contributed by atoms with Gasteiger partial charge in [0.1, 0.15) is 11.6 Å². The Morgan fingerprint density at radius 2 is 2.21 bits per heavy atom. The van der Waals surface area contributed by atoms with Gasteiger partial charge in [0.15, 0.2) is 0 Å². The van der Waals surface area contributed by atoms with Crippen molar-refractivity contribution in [3.05, 3.63) is 77.0 Å². The molecule has 0 bridgehead atoms. The Kier molecular flexibility index (Phi) is 4.59. The minimum Gasteiger partial charge on any atom is -0.383 e. The Balaban J connectivity index is 1.40. The Morgan fingerprint density at radius 1 is 1.39 bits per heavy atom. The van der Waals surface area contributed by atoms with Crippen molar-refractivity contribution >= 4 is 29.0 Å². The van der Waals surface area contributed by atoms with Gasteiger partial charge in [-0.3, -0.25) is 4.79 Å². The Bertz CT molecular complexity index is 988. The smallest absolute Gasteiger partial charge is 0.222 e. The van der Waals surface area contributed by atoms with Crippen LogP contribution >= 0.6 is 11.6 Å². The lowest BCUT2D eigenvalue weighted by Crippen LogP contribution is -2.20. The van der Waals surface area contributed by atoms with Crippen molar-refractivity contribution in [1.82, 2.24) is 10.3 Å². The van der Waals surface area contributed by atoms with Gasteiger partial charge in [-0.2, -0.15) is 0 Å². The van der Waals surface area contributed by atoms with Crippen molar-refractivity contribution in [3.63, 3.8) is 0 Å². The Labute approximate surface area is 167 Å². The van der Waals surface area contributed by atoms with Crippen molar-refractivity contribution in [1.29, 1.82) is 0 Å². The molecule has 1 atom stereocenters. The third kappa shape index (κ3) is 3.24. The molecule has 28 heavy (non-hydrogen) atoms. The lowest BCUT2D eigenvalue weighted by Gasteiger charge is -2.22. The maximum atomic E-state index is 13.6. The SMILES string of the molecule is C=C1N(c2ccc(NC(C)=O)nc2)CCC12C=C2NCc1cccc(F)c1Cl. The number of amides is 1. The molecule has 7 heteroatoms. The van der Waals surface area contributed by atoms with E-state index in [0.717, 1.165) is 35.6 Å². The van der Waals surface area contributed by atoms with Crippen molar-refractivity contribution in [3.8, 4) is 0 Å². The second-order valence-corrected chi connectivity index (χ2v) is 7.40. The van der Waals surface area contributed by atoms with Crippen LogP contribution in [-0.2, 0) is 11.3 Å². The summed E-state index contributed by atoms with van der Waals surface area (Å²) in [5.74, 6) is -0.0390. The van der Waals surface area contributed by atoms with Crippen LogP contribution in [0.3, 0.4) is 0 Å². The van der Waals surface area contributed by atoms with Gasteiger partial charge in [-0.1, -0.05) is 30.3 Å². The maximum Gasteiger partial charge on any atom is 0.222 e. The Morgan fingerprint density at radius 3 is 2.93 bits per heavy atom. The lowest BCUT2D eigenvalue weighted by molar-refractivity contribution is -0.114. The maximum absolute atomic E-state index is 13.6. The zero-order valence-electron chi connectivity index (χ0n) is 15.4. The molecule has 1 amide bonds. The first-order chi connectivity index (χ1) is 13.4. The predicted octanol–water partition coefficient (Wildman–Crippen LogP) is 4.23. The molecule has 1 aromatic heterocycles. The number of carbonyl (C=O) groups excluding carboxylic acids is 1. The van der Waals surface area contributed by atoms with Gasteiger partial charge >= 0.3 is 0 Å². The second kappa shape index (κ2) is 6.95. The molecule has 1 unspecified atom stereocenters. The molecule has 1 spiro atoms. The number of pyridine rings is 1. The minimum atomic E-state index is -0.410. The van der Waals surface area contributed by atoms with Crippen LogP contribution in [0, 0.1) is 11.2 Å². The quantitative estimate of drug-likeness (QED) is 0.791. The van der Waals surface area contributed by atoms with Gasteiger partial charge < -0.3 is 15.5 Å². The van der Waals surface area contributed by atoms with E-state index in [1.165, 1.54) is 13.0 Å². The normalized spacial score (nSPS) is 20.3. The molecule has 1 aliphatic heterocycles. The molecule has 2 heterocycles. The lowest BCUT2D eigenvalue weighted by atomic mass is 9.99. The summed E-state index contributed by atoms with van der Waals surface area (Å²) in [6.07, 6.45) is 4.80. The zero-order valence-corrected chi connectivity index (χ0v) is 16.2. The summed E-state index contributed by atoms with van der Waals surface area (Å²) in [7, 11) is 0. The van der Waals surface area contributed by atoms with Crippen LogP contribution in [-0.4, -0.2) is 17.4 Å². The molecule has 2 aromatic rings. The molecule has 1 aliphatic carbocycles. The first-order valence-electron chi connectivity index (χ1n) is 9.01. The number of hydrogen-bond acceptors (Lipinski definition) is 4. The highest BCUT2D eigenvalue weighted by Crippen LogP contribution is 2.56. The first-order valence-corrected chi connectivity index (χ1v) is 9.39. The molecule has 1 fully saturated rings. The number of rotatable bonds is 5. The van der Waals surface area contributed by atoms with Gasteiger partial charge in [-0.05, 0) is 36.3 Å². The summed E-state index contributed by atoms with van der Waals surface area (Å²) >= 11 is 6.03. The van der Waals surface area contributed by atoms with Crippen LogP contribution in [0.5, 0.6) is 0 Å². The number of nitrogens with zero attached hydrogens (tertiary/aromatic N) is 2. The van der Waals surface area contributed by atoms with E-state index in [-0.39, 0.29) is 16.3 Å². The van der Waals surface area contributed by atoms with Crippen molar-refractivity contribution < 1.29 is 9.18 Å². The van der Waals surface area contributed by atoms with Gasteiger partial charge in [-0.15, -0.1) is 0 Å². The van der Waals surface area contributed by atoms with Crippen molar-refractivity contribution in [2.45, 2.75) is 19.9 Å². The largest absolute Gasteiger partial charge is 0.383 e. The second-order valence-electron chi connectivity index (χ2n) is 7.03. The highest BCUT2D eigenvalue weighted by Gasteiger charge is 2.52. The fraction of sp³-hybridized carbons (Fsp3) is 0.238. The van der Waals surface area contributed by atoms with Crippen molar-refractivity contribution in [2.75, 3.05) is 16.8 Å². The van der Waals surface area contributed by atoms with Gasteiger partial charge in [0.2, 0.25) is 5.91 Å². The summed E-state index contributed by atoms with van der Waals surface area (Å²) < 4.78 is 13.6. The molecular weight excluding hydrogens is 379 g/mol. The number of carbonyl (C=O) groups is 1. The highest BCUT2D eigenvalue weighted by atomic mass is 35.5. The average molecular weight is 399 g/mol. The molecule has 1 saturated heterocycles. The molecule has 0 saturated carbocycles. The van der Waals surface area contributed by atoms with Crippen LogP contribution in [0.1, 0.15) is 18.9 Å². The van der Waals surface area contributed by atoms with Gasteiger partial charge in [0.25, 0.3) is 0 Å². The summed E-state index contributed by atoms with van der Waals surface area (Å²) in [6, 6.07) is 8.52. The molecule has 0 radical (unpaired) electrons. The number of benzene rings is 1. The fourth-order valence-electron chi connectivity index (χ4n) is 3.63. The van der Waals surface area contributed by atoms with Gasteiger partial charge in [0.05, 0.1) is 22.3 Å². The fourth-order valence-corrected chi connectivity index (χ4v) is 3.83. The van der Waals surface area contributed by atoms with Crippen LogP contribution < -0.4 is 15.5 Å². The topological polar surface area (TPSA) is 57.3 Å². The predicted molar refractivity (Wildman–Crippen MR) is 108 cm³/mol. The molecule has 5 nitrogen and oxygen atoms in total. The highest BCUT2D eigenvalue weighted by molar-refractivity contribution is 6.31. The summed E-state index contributed by atoms with van der Waals surface area (Å²) in [4.78, 5) is 17.5. The van der Waals surface area contributed by atoms with E-state index >= 15 is 0 Å². The Hall–Kier alpha value is -2.86. The average Bonchev–Trinajstić information content (AvgIpc) is 3.28. The molecule has 144 valence electrons. The number of hydrogen-bond donors (Lipinski definition) is 2. The molecular formula is C21H20ClFN4O. The zero-order chi connectivity index (χ0) is 19.9. The van der Waals surface area contributed by atoms with E-state index < -0.39 is 5.82 Å². The van der Waals surface area contributed by atoms with Crippen LogP contribution in [0.25, 0.3) is 0 Å². The van der Waals surface area contributed by atoms with Gasteiger partial charge in [0, 0.05) is 31.4 Å². The van der Waals surface area contributed by atoms with E-state index in [0.29, 0.717) is 12.4 Å². The molecule has 2 aliphatic rings. The third-order valence-corrected chi connectivity index (χ3v) is 5.65. The van der Waals surface area contributed by atoms with E-state index in [4.69, 9.17) is 11.6 Å². The van der Waals surface area contributed by atoms with E-state index in [9.17, 15) is 9.18 Å². The van der Waals surface area contributed by atoms with Crippen molar-refractivity contribution in [2.24, 2.45) is 5.41 Å². The summed E-state index contributed by atoms with van der Waals surface area (Å²) in [5, 5.41) is 6.18. The number of aromatic nitrogens is 1. The third-order valence-electron chi connectivity index (χ3n) is 5.22. The van der Waals surface area contributed by atoms with Gasteiger partial charge in [-0.25, -0.2) is 9.37 Å². The van der Waals surface area contributed by atoms with Crippen LogP contribution in [0.4, 0.5) is 15.9 Å². The van der Waals surface area contributed by atoms with E-state index in [1.807, 2.05) is 12.1 Å². The molecule has 2 N–H and O–H groups in total.